The van der Waals surface area contributed by atoms with Crippen molar-refractivity contribution in [2.45, 2.75) is 44.6 Å². The van der Waals surface area contributed by atoms with Gasteiger partial charge in [0.05, 0.1) is 11.8 Å². The fourth-order valence-electron chi connectivity index (χ4n) is 2.78. The summed E-state index contributed by atoms with van der Waals surface area (Å²) in [7, 11) is -3.22. The van der Waals surface area contributed by atoms with Gasteiger partial charge in [0, 0.05) is 10.8 Å². The van der Waals surface area contributed by atoms with Crippen LogP contribution in [0.2, 0.25) is 0 Å². The van der Waals surface area contributed by atoms with E-state index in [0.29, 0.717) is 18.2 Å². The van der Waals surface area contributed by atoms with Gasteiger partial charge in [-0.1, -0.05) is 18.9 Å². The molecule has 1 aromatic rings. The molecular formula is C14H22ClNO2S2. The molecule has 0 saturated heterocycles. The average molecular weight is 336 g/mol. The van der Waals surface area contributed by atoms with Crippen LogP contribution < -0.4 is 4.72 Å². The highest BCUT2D eigenvalue weighted by Crippen LogP contribution is 2.37. The Morgan fingerprint density at radius 2 is 2.10 bits per heavy atom. The summed E-state index contributed by atoms with van der Waals surface area (Å²) in [5.41, 5.74) is 0. The van der Waals surface area contributed by atoms with Crippen LogP contribution in [0.3, 0.4) is 0 Å². The van der Waals surface area contributed by atoms with E-state index < -0.39 is 10.0 Å². The topological polar surface area (TPSA) is 46.2 Å². The number of sulfonamides is 1. The number of unbranched alkanes of at least 4 members (excludes halogenated alkanes) is 1. The molecule has 1 N–H and O–H groups in total. The van der Waals surface area contributed by atoms with E-state index in [1.807, 2.05) is 17.5 Å². The van der Waals surface area contributed by atoms with Crippen LogP contribution in [0.1, 0.15) is 49.4 Å². The molecule has 1 aliphatic carbocycles. The Hall–Kier alpha value is -0.100. The molecule has 0 aliphatic heterocycles. The second-order valence-electron chi connectivity index (χ2n) is 5.37. The summed E-state index contributed by atoms with van der Waals surface area (Å²) in [6.07, 6.45) is 6.02. The van der Waals surface area contributed by atoms with Crippen LogP contribution in [0, 0.1) is 5.92 Å². The lowest BCUT2D eigenvalue weighted by atomic mass is 9.98. The quantitative estimate of drug-likeness (QED) is 0.578. The predicted octanol–water partition coefficient (Wildman–Crippen LogP) is 3.92. The van der Waals surface area contributed by atoms with Gasteiger partial charge in [-0.3, -0.25) is 0 Å². The van der Waals surface area contributed by atoms with Crippen LogP contribution in [0.5, 0.6) is 0 Å². The third-order valence-corrected chi connectivity index (χ3v) is 6.49. The van der Waals surface area contributed by atoms with E-state index in [0.717, 1.165) is 24.1 Å². The Labute approximate surface area is 130 Å². The molecule has 0 spiro atoms. The highest BCUT2D eigenvalue weighted by Gasteiger charge is 2.30. The van der Waals surface area contributed by atoms with Gasteiger partial charge in [-0.25, -0.2) is 13.1 Å². The molecule has 1 atom stereocenters. The summed E-state index contributed by atoms with van der Waals surface area (Å²) in [5.74, 6) is 1.14. The SMILES string of the molecule is O=S(=O)(CCCCCl)NC(c1cccs1)C1CCCC1. The third kappa shape index (κ3) is 4.72. The third-order valence-electron chi connectivity index (χ3n) is 3.82. The van der Waals surface area contributed by atoms with Gasteiger partial charge in [0.2, 0.25) is 10.0 Å². The monoisotopic (exact) mass is 335 g/mol. The second-order valence-corrected chi connectivity index (χ2v) is 8.60. The highest BCUT2D eigenvalue weighted by atomic mass is 35.5. The van der Waals surface area contributed by atoms with E-state index in [1.165, 1.54) is 12.8 Å². The van der Waals surface area contributed by atoms with Crippen molar-refractivity contribution in [3.05, 3.63) is 22.4 Å². The van der Waals surface area contributed by atoms with Crippen molar-refractivity contribution >= 4 is 33.0 Å². The predicted molar refractivity (Wildman–Crippen MR) is 85.9 cm³/mol. The lowest BCUT2D eigenvalue weighted by molar-refractivity contribution is 0.415. The van der Waals surface area contributed by atoms with E-state index in [4.69, 9.17) is 11.6 Å². The molecule has 0 bridgehead atoms. The molecule has 20 heavy (non-hydrogen) atoms. The summed E-state index contributed by atoms with van der Waals surface area (Å²) in [5, 5.41) is 2.01. The number of halogens is 1. The number of hydrogen-bond acceptors (Lipinski definition) is 3. The zero-order valence-electron chi connectivity index (χ0n) is 11.6. The molecule has 1 unspecified atom stereocenters. The molecule has 114 valence electrons. The minimum atomic E-state index is -3.22. The standard InChI is InChI=1S/C14H22ClNO2S2/c15-9-3-4-11-20(17,18)16-14(12-6-1-2-7-12)13-8-5-10-19-13/h5,8,10,12,14,16H,1-4,6-7,9,11H2. The van der Waals surface area contributed by atoms with Gasteiger partial charge in [-0.15, -0.1) is 22.9 Å². The summed E-state index contributed by atoms with van der Waals surface area (Å²) in [6.45, 7) is 0. The molecule has 0 radical (unpaired) electrons. The fraction of sp³-hybridized carbons (Fsp3) is 0.714. The van der Waals surface area contributed by atoms with Gasteiger partial charge in [-0.2, -0.15) is 0 Å². The Kier molecular flexibility index (Phi) is 6.33. The van der Waals surface area contributed by atoms with Crippen molar-refractivity contribution in [3.8, 4) is 0 Å². The van der Waals surface area contributed by atoms with Crippen LogP contribution in [0.4, 0.5) is 0 Å². The molecule has 1 fully saturated rings. The molecule has 0 aromatic carbocycles. The van der Waals surface area contributed by atoms with Crippen LogP contribution in [0.25, 0.3) is 0 Å². The molecule has 6 heteroatoms. The van der Waals surface area contributed by atoms with E-state index in [2.05, 4.69) is 4.72 Å². The van der Waals surface area contributed by atoms with Crippen LogP contribution >= 0.6 is 22.9 Å². The van der Waals surface area contributed by atoms with Gasteiger partial charge >= 0.3 is 0 Å². The molecular weight excluding hydrogens is 314 g/mol. The number of hydrogen-bond donors (Lipinski definition) is 1. The van der Waals surface area contributed by atoms with E-state index in [-0.39, 0.29) is 11.8 Å². The van der Waals surface area contributed by atoms with Gasteiger partial charge in [0.1, 0.15) is 0 Å². The summed E-state index contributed by atoms with van der Waals surface area (Å²) < 4.78 is 27.4. The Bertz CT molecular complexity index is 481. The van der Waals surface area contributed by atoms with Gasteiger partial charge in [0.25, 0.3) is 0 Å². The highest BCUT2D eigenvalue weighted by molar-refractivity contribution is 7.89. The maximum Gasteiger partial charge on any atom is 0.212 e. The zero-order valence-corrected chi connectivity index (χ0v) is 13.9. The number of alkyl halides is 1. The van der Waals surface area contributed by atoms with Crippen LogP contribution in [-0.4, -0.2) is 20.1 Å². The van der Waals surface area contributed by atoms with E-state index in [9.17, 15) is 8.42 Å². The maximum atomic E-state index is 12.2. The van der Waals surface area contributed by atoms with Crippen molar-refractivity contribution in [2.24, 2.45) is 5.92 Å². The first kappa shape index (κ1) is 16.3. The van der Waals surface area contributed by atoms with Crippen molar-refractivity contribution in [1.29, 1.82) is 0 Å². The molecule has 1 heterocycles. The van der Waals surface area contributed by atoms with Crippen LogP contribution in [-0.2, 0) is 10.0 Å². The average Bonchev–Trinajstić information content (AvgIpc) is 3.10. The first-order chi connectivity index (χ1) is 9.62. The normalized spacial score (nSPS) is 18.4. The summed E-state index contributed by atoms with van der Waals surface area (Å²) in [6, 6.07) is 3.98. The zero-order chi connectivity index (χ0) is 14.4. The molecule has 1 saturated carbocycles. The Morgan fingerprint density at radius 3 is 2.70 bits per heavy atom. The summed E-state index contributed by atoms with van der Waals surface area (Å²) >= 11 is 7.25. The smallest absolute Gasteiger partial charge is 0.212 e. The Balaban J connectivity index is 2.04. The second kappa shape index (κ2) is 7.78. The first-order valence-corrected chi connectivity index (χ1v) is 10.3. The first-order valence-electron chi connectivity index (χ1n) is 7.22. The minimum absolute atomic E-state index is 0.0431. The number of nitrogens with one attached hydrogen (secondary N) is 1. The maximum absolute atomic E-state index is 12.2. The van der Waals surface area contributed by atoms with Gasteiger partial charge in [0.15, 0.2) is 0 Å². The lowest BCUT2D eigenvalue weighted by Gasteiger charge is -2.23. The largest absolute Gasteiger partial charge is 0.212 e. The van der Waals surface area contributed by atoms with Crippen molar-refractivity contribution < 1.29 is 8.42 Å². The fourth-order valence-corrected chi connectivity index (χ4v) is 5.33. The molecule has 1 aliphatic rings. The van der Waals surface area contributed by atoms with Crippen LogP contribution in [0.15, 0.2) is 17.5 Å². The number of rotatable bonds is 8. The molecule has 2 rings (SSSR count). The summed E-state index contributed by atoms with van der Waals surface area (Å²) in [4.78, 5) is 1.14. The Morgan fingerprint density at radius 1 is 1.35 bits per heavy atom. The van der Waals surface area contributed by atoms with Gasteiger partial charge in [-0.05, 0) is 43.0 Å². The van der Waals surface area contributed by atoms with Gasteiger partial charge < -0.3 is 0 Å². The lowest BCUT2D eigenvalue weighted by Crippen LogP contribution is -2.34. The number of thiophene rings is 1. The molecule has 3 nitrogen and oxygen atoms in total. The minimum Gasteiger partial charge on any atom is -0.212 e. The molecule has 1 aromatic heterocycles. The van der Waals surface area contributed by atoms with Crippen molar-refractivity contribution in [3.63, 3.8) is 0 Å². The van der Waals surface area contributed by atoms with Crippen molar-refractivity contribution in [1.82, 2.24) is 4.72 Å². The molecule has 0 amide bonds. The van der Waals surface area contributed by atoms with E-state index in [1.54, 1.807) is 11.3 Å². The van der Waals surface area contributed by atoms with E-state index >= 15 is 0 Å². The van der Waals surface area contributed by atoms with Crippen molar-refractivity contribution in [2.75, 3.05) is 11.6 Å².